The first-order chi connectivity index (χ1) is 8.45. The van der Waals surface area contributed by atoms with Crippen molar-refractivity contribution in [2.75, 3.05) is 7.11 Å². The van der Waals surface area contributed by atoms with Gasteiger partial charge in [0.15, 0.2) is 0 Å². The van der Waals surface area contributed by atoms with E-state index in [1.54, 1.807) is 24.3 Å². The van der Waals surface area contributed by atoms with Gasteiger partial charge in [0.25, 0.3) is 5.91 Å². The molecule has 0 spiro atoms. The maximum Gasteiger partial charge on any atom is 0.328 e. The molecule has 0 fully saturated rings. The molecule has 1 aromatic carbocycles. The van der Waals surface area contributed by atoms with E-state index in [4.69, 9.17) is 11.6 Å². The Hall–Kier alpha value is -1.55. The van der Waals surface area contributed by atoms with Gasteiger partial charge < -0.3 is 10.1 Å². The Kier molecular flexibility index (Phi) is 5.16. The number of amides is 1. The van der Waals surface area contributed by atoms with E-state index < -0.39 is 12.0 Å². The molecule has 0 aliphatic rings. The summed E-state index contributed by atoms with van der Waals surface area (Å²) < 4.78 is 4.65. The quantitative estimate of drug-likeness (QED) is 0.853. The molecule has 18 heavy (non-hydrogen) atoms. The number of hydrogen-bond donors (Lipinski definition) is 1. The summed E-state index contributed by atoms with van der Waals surface area (Å²) in [6.07, 6.45) is 0. The average Bonchev–Trinajstić information content (AvgIpc) is 2.35. The second-order valence-electron chi connectivity index (χ2n) is 4.23. The Morgan fingerprint density at radius 2 is 1.78 bits per heavy atom. The monoisotopic (exact) mass is 269 g/mol. The molecule has 1 atom stereocenters. The van der Waals surface area contributed by atoms with Crippen LogP contribution in [-0.2, 0) is 9.53 Å². The minimum absolute atomic E-state index is 0.0475. The van der Waals surface area contributed by atoms with E-state index in [9.17, 15) is 9.59 Å². The minimum Gasteiger partial charge on any atom is -0.467 e. The molecule has 1 amide bonds. The van der Waals surface area contributed by atoms with Crippen LogP contribution in [0.1, 0.15) is 24.2 Å². The number of ether oxygens (including phenoxy) is 1. The summed E-state index contributed by atoms with van der Waals surface area (Å²) >= 11 is 5.74. The highest BCUT2D eigenvalue weighted by Crippen LogP contribution is 2.11. The van der Waals surface area contributed by atoms with Crippen LogP contribution in [0.25, 0.3) is 0 Å². The Morgan fingerprint density at radius 1 is 1.22 bits per heavy atom. The Labute approximate surface area is 111 Å². The molecule has 0 radical (unpaired) electrons. The van der Waals surface area contributed by atoms with E-state index in [0.29, 0.717) is 10.6 Å². The zero-order valence-electron chi connectivity index (χ0n) is 10.6. The third-order valence-corrected chi connectivity index (χ3v) is 2.77. The topological polar surface area (TPSA) is 55.4 Å². The van der Waals surface area contributed by atoms with Gasteiger partial charge in [-0.15, -0.1) is 0 Å². The first kappa shape index (κ1) is 14.5. The summed E-state index contributed by atoms with van der Waals surface area (Å²) in [6, 6.07) is 5.80. The smallest absolute Gasteiger partial charge is 0.328 e. The molecule has 1 rings (SSSR count). The lowest BCUT2D eigenvalue weighted by molar-refractivity contribution is -0.144. The fourth-order valence-corrected chi connectivity index (χ4v) is 1.58. The van der Waals surface area contributed by atoms with Crippen molar-refractivity contribution in [3.8, 4) is 0 Å². The Morgan fingerprint density at radius 3 is 2.22 bits per heavy atom. The van der Waals surface area contributed by atoms with Gasteiger partial charge in [0.1, 0.15) is 6.04 Å². The lowest BCUT2D eigenvalue weighted by Gasteiger charge is -2.19. The number of carbonyl (C=O) groups is 2. The number of nitrogens with one attached hydrogen (secondary N) is 1. The van der Waals surface area contributed by atoms with Crippen molar-refractivity contribution < 1.29 is 14.3 Å². The number of halogens is 1. The fraction of sp³-hybridized carbons (Fsp3) is 0.385. The van der Waals surface area contributed by atoms with Crippen molar-refractivity contribution in [2.24, 2.45) is 5.92 Å². The minimum atomic E-state index is -0.654. The highest BCUT2D eigenvalue weighted by molar-refractivity contribution is 6.30. The van der Waals surface area contributed by atoms with Gasteiger partial charge >= 0.3 is 5.97 Å². The SMILES string of the molecule is COC(=O)[C@@H](NC(=O)c1ccc(Cl)cc1)C(C)C. The second kappa shape index (κ2) is 6.40. The fourth-order valence-electron chi connectivity index (χ4n) is 1.45. The molecule has 0 aromatic heterocycles. The molecular formula is C13H16ClNO3. The third kappa shape index (κ3) is 3.74. The van der Waals surface area contributed by atoms with E-state index in [0.717, 1.165) is 0 Å². The predicted octanol–water partition coefficient (Wildman–Crippen LogP) is 2.27. The molecule has 98 valence electrons. The number of carbonyl (C=O) groups excluding carboxylic acids is 2. The molecule has 0 bridgehead atoms. The highest BCUT2D eigenvalue weighted by Gasteiger charge is 2.25. The predicted molar refractivity (Wildman–Crippen MR) is 69.6 cm³/mol. The normalized spacial score (nSPS) is 12.1. The molecule has 5 heteroatoms. The van der Waals surface area contributed by atoms with Crippen LogP contribution >= 0.6 is 11.6 Å². The van der Waals surface area contributed by atoms with E-state index in [-0.39, 0.29) is 11.8 Å². The molecule has 0 heterocycles. The number of hydrogen-bond acceptors (Lipinski definition) is 3. The van der Waals surface area contributed by atoms with Crippen molar-refractivity contribution in [2.45, 2.75) is 19.9 Å². The zero-order valence-corrected chi connectivity index (χ0v) is 11.3. The average molecular weight is 270 g/mol. The van der Waals surface area contributed by atoms with Crippen LogP contribution in [0.15, 0.2) is 24.3 Å². The van der Waals surface area contributed by atoms with Crippen molar-refractivity contribution in [3.05, 3.63) is 34.9 Å². The largest absolute Gasteiger partial charge is 0.467 e. The zero-order chi connectivity index (χ0) is 13.7. The summed E-state index contributed by atoms with van der Waals surface area (Å²) in [5.74, 6) is -0.822. The van der Waals surface area contributed by atoms with Crippen LogP contribution in [0.5, 0.6) is 0 Å². The van der Waals surface area contributed by atoms with Crippen LogP contribution in [0.2, 0.25) is 5.02 Å². The number of rotatable bonds is 4. The van der Waals surface area contributed by atoms with Gasteiger partial charge in [-0.1, -0.05) is 25.4 Å². The standard InChI is InChI=1S/C13H16ClNO3/c1-8(2)11(13(17)18-3)15-12(16)9-4-6-10(14)7-5-9/h4-8,11H,1-3H3,(H,15,16)/t11-/m0/s1. The summed E-state index contributed by atoms with van der Waals surface area (Å²) in [6.45, 7) is 3.67. The van der Waals surface area contributed by atoms with E-state index in [1.165, 1.54) is 7.11 Å². The van der Waals surface area contributed by atoms with Gasteiger partial charge in [-0.2, -0.15) is 0 Å². The number of methoxy groups -OCH3 is 1. The van der Waals surface area contributed by atoms with Crippen molar-refractivity contribution >= 4 is 23.5 Å². The van der Waals surface area contributed by atoms with Crippen LogP contribution in [0.4, 0.5) is 0 Å². The van der Waals surface area contributed by atoms with Gasteiger partial charge in [-0.05, 0) is 30.2 Å². The van der Waals surface area contributed by atoms with Gasteiger partial charge in [-0.25, -0.2) is 4.79 Å². The van der Waals surface area contributed by atoms with E-state index >= 15 is 0 Å². The van der Waals surface area contributed by atoms with Gasteiger partial charge in [0.05, 0.1) is 7.11 Å². The molecule has 0 aliphatic heterocycles. The van der Waals surface area contributed by atoms with Crippen molar-refractivity contribution in [3.63, 3.8) is 0 Å². The first-order valence-electron chi connectivity index (χ1n) is 5.60. The lowest BCUT2D eigenvalue weighted by atomic mass is 10.0. The number of esters is 1. The molecule has 0 aliphatic carbocycles. The van der Waals surface area contributed by atoms with Crippen LogP contribution in [-0.4, -0.2) is 25.0 Å². The van der Waals surface area contributed by atoms with Gasteiger partial charge in [0, 0.05) is 10.6 Å². The summed E-state index contributed by atoms with van der Waals surface area (Å²) in [5.41, 5.74) is 0.453. The molecule has 0 saturated heterocycles. The lowest BCUT2D eigenvalue weighted by Crippen LogP contribution is -2.45. The van der Waals surface area contributed by atoms with Crippen LogP contribution in [0, 0.1) is 5.92 Å². The second-order valence-corrected chi connectivity index (χ2v) is 4.66. The Balaban J connectivity index is 2.78. The summed E-state index contributed by atoms with van der Waals surface area (Å²) in [5, 5.41) is 3.20. The van der Waals surface area contributed by atoms with Crippen molar-refractivity contribution in [1.82, 2.24) is 5.32 Å². The summed E-state index contributed by atoms with van der Waals surface area (Å²) in [4.78, 5) is 23.4. The Bertz CT molecular complexity index is 428. The maximum atomic E-state index is 11.9. The first-order valence-corrected chi connectivity index (χ1v) is 5.97. The number of benzene rings is 1. The van der Waals surface area contributed by atoms with E-state index in [2.05, 4.69) is 10.1 Å². The molecule has 1 N–H and O–H groups in total. The molecular weight excluding hydrogens is 254 g/mol. The van der Waals surface area contributed by atoms with Crippen molar-refractivity contribution in [1.29, 1.82) is 0 Å². The van der Waals surface area contributed by atoms with Crippen LogP contribution in [0.3, 0.4) is 0 Å². The molecule has 0 unspecified atom stereocenters. The summed E-state index contributed by atoms with van der Waals surface area (Å²) in [7, 11) is 1.30. The molecule has 4 nitrogen and oxygen atoms in total. The van der Waals surface area contributed by atoms with Gasteiger partial charge in [-0.3, -0.25) is 4.79 Å². The molecule has 0 saturated carbocycles. The van der Waals surface area contributed by atoms with Gasteiger partial charge in [0.2, 0.25) is 0 Å². The highest BCUT2D eigenvalue weighted by atomic mass is 35.5. The molecule has 1 aromatic rings. The maximum absolute atomic E-state index is 11.9. The third-order valence-electron chi connectivity index (χ3n) is 2.51. The van der Waals surface area contributed by atoms with Crippen LogP contribution < -0.4 is 5.32 Å². The van der Waals surface area contributed by atoms with E-state index in [1.807, 2.05) is 13.8 Å².